The van der Waals surface area contributed by atoms with Crippen molar-refractivity contribution in [2.24, 2.45) is 0 Å². The highest BCUT2D eigenvalue weighted by Crippen LogP contribution is 2.47. The monoisotopic (exact) mass is 618 g/mol. The summed E-state index contributed by atoms with van der Waals surface area (Å²) in [5.74, 6) is 1.38. The third-order valence-electron chi connectivity index (χ3n) is 12.1. The van der Waals surface area contributed by atoms with E-state index in [0.717, 1.165) is 32.1 Å². The van der Waals surface area contributed by atoms with Gasteiger partial charge in [0.05, 0.1) is 0 Å². The lowest BCUT2D eigenvalue weighted by atomic mass is 9.77. The zero-order chi connectivity index (χ0) is 32.7. The average molecular weight is 619 g/mol. The average Bonchev–Trinajstić information content (AvgIpc) is 3.75. The molecule has 5 aromatic carbocycles. The summed E-state index contributed by atoms with van der Waals surface area (Å²) in [6.45, 7) is 16.0. The molecule has 3 atom stereocenters. The summed E-state index contributed by atoms with van der Waals surface area (Å²) >= 11 is 0. The van der Waals surface area contributed by atoms with Gasteiger partial charge < -0.3 is 0 Å². The highest BCUT2D eigenvalue weighted by molar-refractivity contribution is 6.26. The van der Waals surface area contributed by atoms with E-state index in [9.17, 15) is 0 Å². The second kappa shape index (κ2) is 13.5. The second-order valence-electron chi connectivity index (χ2n) is 14.9. The standard InChI is InChI=1S/C47H54/c1-7-10-11-18-38(36-22-20-34-16-13-17-35(34)27-36)45-29-44(31(5)9-3)41-24-23-39-37(21-19-33-15-12-14-32(33)6)28-43(30(4)8-2)40-25-26-42(45)47(41)46(39)40/h7,19-31,38H,1,8-18H2,2-6H3/b21-19-. The zero-order valence-electron chi connectivity index (χ0n) is 29.6. The van der Waals surface area contributed by atoms with E-state index in [1.54, 1.807) is 22.3 Å². The summed E-state index contributed by atoms with van der Waals surface area (Å²) in [5, 5.41) is 8.76. The quantitative estimate of drug-likeness (QED) is 0.0741. The minimum atomic E-state index is 0.374. The Morgan fingerprint density at radius 3 is 2.00 bits per heavy atom. The van der Waals surface area contributed by atoms with E-state index in [4.69, 9.17) is 0 Å². The van der Waals surface area contributed by atoms with Crippen molar-refractivity contribution in [3.05, 3.63) is 123 Å². The first-order chi connectivity index (χ1) is 22.9. The van der Waals surface area contributed by atoms with Crippen LogP contribution in [0.1, 0.15) is 149 Å². The first-order valence-corrected chi connectivity index (χ1v) is 18.8. The molecule has 0 nitrogen and oxygen atoms in total. The van der Waals surface area contributed by atoms with Crippen molar-refractivity contribution in [2.75, 3.05) is 0 Å². The number of fused-ring (bicyclic) bond motifs is 1. The normalized spacial score (nSPS) is 17.0. The second-order valence-corrected chi connectivity index (χ2v) is 14.9. The third kappa shape index (κ3) is 5.77. The Balaban J connectivity index is 1.53. The Labute approximate surface area is 284 Å². The van der Waals surface area contributed by atoms with E-state index in [1.165, 1.54) is 98.7 Å². The van der Waals surface area contributed by atoms with Crippen molar-refractivity contribution < 1.29 is 0 Å². The lowest BCUT2D eigenvalue weighted by Crippen LogP contribution is -2.07. The molecule has 7 rings (SSSR count). The highest BCUT2D eigenvalue weighted by atomic mass is 14.3. The van der Waals surface area contributed by atoms with E-state index < -0.39 is 0 Å². The minimum Gasteiger partial charge on any atom is -0.103 e. The van der Waals surface area contributed by atoms with Gasteiger partial charge in [-0.05, 0) is 166 Å². The predicted octanol–water partition coefficient (Wildman–Crippen LogP) is 14.1. The summed E-state index contributed by atoms with van der Waals surface area (Å²) in [6.07, 6.45) is 20.2. The fourth-order valence-electron chi connectivity index (χ4n) is 8.90. The Bertz CT molecular complexity index is 1990. The fourth-order valence-corrected chi connectivity index (χ4v) is 8.90. The van der Waals surface area contributed by atoms with Gasteiger partial charge in [0.15, 0.2) is 0 Å². The molecule has 0 heterocycles. The van der Waals surface area contributed by atoms with Crippen LogP contribution in [0.3, 0.4) is 0 Å². The molecule has 0 amide bonds. The van der Waals surface area contributed by atoms with Crippen LogP contribution in [-0.2, 0) is 12.8 Å². The summed E-state index contributed by atoms with van der Waals surface area (Å²) in [7, 11) is 0. The number of aryl methyl sites for hydroxylation is 2. The third-order valence-corrected chi connectivity index (χ3v) is 12.1. The lowest BCUT2D eigenvalue weighted by molar-refractivity contribution is 0.669. The Morgan fingerprint density at radius 1 is 0.681 bits per heavy atom. The summed E-state index contributed by atoms with van der Waals surface area (Å²) < 4.78 is 0. The van der Waals surface area contributed by atoms with Gasteiger partial charge in [-0.15, -0.1) is 6.58 Å². The van der Waals surface area contributed by atoms with Gasteiger partial charge in [0.25, 0.3) is 0 Å². The van der Waals surface area contributed by atoms with Gasteiger partial charge in [0.1, 0.15) is 0 Å². The number of unbranched alkanes of at least 4 members (excludes halogenated alkanes) is 1. The molecule has 0 saturated carbocycles. The molecule has 0 spiro atoms. The molecule has 0 fully saturated rings. The van der Waals surface area contributed by atoms with E-state index in [2.05, 4.69) is 114 Å². The van der Waals surface area contributed by atoms with Crippen LogP contribution in [0.4, 0.5) is 0 Å². The molecule has 0 bridgehead atoms. The molecule has 0 heteroatoms. The molecule has 0 saturated heterocycles. The maximum atomic E-state index is 4.08. The maximum absolute atomic E-state index is 4.08. The maximum Gasteiger partial charge on any atom is 0.00958 e. The van der Waals surface area contributed by atoms with Crippen molar-refractivity contribution in [3.8, 4) is 0 Å². The molecular formula is C47H54. The van der Waals surface area contributed by atoms with Gasteiger partial charge in [-0.2, -0.15) is 0 Å². The van der Waals surface area contributed by atoms with Crippen LogP contribution < -0.4 is 0 Å². The largest absolute Gasteiger partial charge is 0.103 e. The number of rotatable bonds is 12. The van der Waals surface area contributed by atoms with Crippen LogP contribution in [0, 0.1) is 0 Å². The fraction of sp³-hybridized carbons (Fsp3) is 0.404. The number of hydrogen-bond donors (Lipinski definition) is 0. The van der Waals surface area contributed by atoms with Crippen molar-refractivity contribution in [2.45, 2.75) is 123 Å². The molecular weight excluding hydrogens is 565 g/mol. The molecule has 0 radical (unpaired) electrons. The molecule has 0 aliphatic heterocycles. The predicted molar refractivity (Wildman–Crippen MR) is 208 cm³/mol. The lowest BCUT2D eigenvalue weighted by Gasteiger charge is -2.27. The van der Waals surface area contributed by atoms with Crippen LogP contribution in [0.25, 0.3) is 38.4 Å². The number of hydrogen-bond acceptors (Lipinski definition) is 0. The van der Waals surface area contributed by atoms with E-state index in [-0.39, 0.29) is 0 Å². The molecule has 242 valence electrons. The molecule has 5 aromatic rings. The van der Waals surface area contributed by atoms with E-state index in [1.807, 2.05) is 0 Å². The SMILES string of the molecule is C=CCCCC(c1ccc2c(c1)CCC2)c1cc(C(C)CC)c2ccc3c(/C=C\C4=C(C)CCC4)cc(C(C)CC)c4ccc1c2c34. The Hall–Kier alpha value is -3.64. The number of benzene rings is 5. The topological polar surface area (TPSA) is 0 Å². The van der Waals surface area contributed by atoms with Gasteiger partial charge >= 0.3 is 0 Å². The van der Waals surface area contributed by atoms with Gasteiger partial charge in [-0.3, -0.25) is 0 Å². The molecule has 2 aliphatic carbocycles. The van der Waals surface area contributed by atoms with Gasteiger partial charge in [-0.1, -0.05) is 106 Å². The van der Waals surface area contributed by atoms with Gasteiger partial charge in [0.2, 0.25) is 0 Å². The Morgan fingerprint density at radius 2 is 1.32 bits per heavy atom. The Kier molecular flexibility index (Phi) is 9.15. The smallest absolute Gasteiger partial charge is 0.00958 e. The van der Waals surface area contributed by atoms with Crippen molar-refractivity contribution in [1.82, 2.24) is 0 Å². The van der Waals surface area contributed by atoms with Crippen LogP contribution >= 0.6 is 0 Å². The van der Waals surface area contributed by atoms with Crippen molar-refractivity contribution in [1.29, 1.82) is 0 Å². The van der Waals surface area contributed by atoms with Crippen LogP contribution in [0.15, 0.2) is 84.5 Å². The zero-order valence-corrected chi connectivity index (χ0v) is 29.6. The first-order valence-electron chi connectivity index (χ1n) is 18.8. The molecule has 0 aromatic heterocycles. The summed E-state index contributed by atoms with van der Waals surface area (Å²) in [5.41, 5.74) is 13.7. The van der Waals surface area contributed by atoms with Crippen LogP contribution in [0.2, 0.25) is 0 Å². The van der Waals surface area contributed by atoms with Crippen LogP contribution in [-0.4, -0.2) is 0 Å². The van der Waals surface area contributed by atoms with E-state index >= 15 is 0 Å². The van der Waals surface area contributed by atoms with Gasteiger partial charge in [-0.25, -0.2) is 0 Å². The highest BCUT2D eigenvalue weighted by Gasteiger charge is 2.25. The summed E-state index contributed by atoms with van der Waals surface area (Å²) in [4.78, 5) is 0. The van der Waals surface area contributed by atoms with Crippen LogP contribution in [0.5, 0.6) is 0 Å². The molecule has 0 N–H and O–H groups in total. The first kappa shape index (κ1) is 31.9. The minimum absolute atomic E-state index is 0.374. The summed E-state index contributed by atoms with van der Waals surface area (Å²) in [6, 6.07) is 22.6. The van der Waals surface area contributed by atoms with Crippen molar-refractivity contribution >= 4 is 38.4 Å². The van der Waals surface area contributed by atoms with Crippen molar-refractivity contribution in [3.63, 3.8) is 0 Å². The molecule has 2 aliphatic rings. The molecule has 3 unspecified atom stereocenters. The number of allylic oxidation sites excluding steroid dienone is 4. The van der Waals surface area contributed by atoms with Gasteiger partial charge in [0, 0.05) is 5.92 Å². The molecule has 47 heavy (non-hydrogen) atoms. The van der Waals surface area contributed by atoms with E-state index in [0.29, 0.717) is 17.8 Å².